The Morgan fingerprint density at radius 2 is 1.75 bits per heavy atom. The summed E-state index contributed by atoms with van der Waals surface area (Å²) in [6.45, 7) is 10.4. The number of benzene rings is 2. The lowest BCUT2D eigenvalue weighted by Crippen LogP contribution is -2.16. The van der Waals surface area contributed by atoms with Gasteiger partial charge in [-0.05, 0) is 44.4 Å². The van der Waals surface area contributed by atoms with Crippen LogP contribution in [-0.4, -0.2) is 31.4 Å². The number of nitrogens with one attached hydrogen (secondary N) is 1. The summed E-state index contributed by atoms with van der Waals surface area (Å²) in [5.74, 6) is 2.06. The molecule has 2 heterocycles. The van der Waals surface area contributed by atoms with Gasteiger partial charge in [-0.3, -0.25) is 4.79 Å². The molecule has 0 bridgehead atoms. The first-order valence-electron chi connectivity index (χ1n) is 12.0. The molecule has 4 rings (SSSR count). The lowest BCUT2D eigenvalue weighted by molar-refractivity contribution is -0.113. The van der Waals surface area contributed by atoms with E-state index in [1.807, 2.05) is 59.3 Å². The first-order valence-corrected chi connectivity index (χ1v) is 13.8. The van der Waals surface area contributed by atoms with Gasteiger partial charge in [0.1, 0.15) is 5.75 Å². The smallest absolute Gasteiger partial charge is 0.236 e. The van der Waals surface area contributed by atoms with Crippen molar-refractivity contribution in [2.75, 3.05) is 11.1 Å². The molecule has 2 aromatic carbocycles. The Labute approximate surface area is 220 Å². The third-order valence-corrected chi connectivity index (χ3v) is 7.28. The van der Waals surface area contributed by atoms with Gasteiger partial charge in [-0.15, -0.1) is 21.5 Å². The average Bonchev–Trinajstić information content (AvgIpc) is 3.51. The second-order valence-electron chi connectivity index (χ2n) is 9.03. The van der Waals surface area contributed by atoms with Crippen LogP contribution in [0.15, 0.2) is 65.1 Å². The third kappa shape index (κ3) is 6.33. The molecule has 9 heteroatoms. The number of aromatic nitrogens is 4. The Bertz CT molecular complexity index is 1280. The first-order chi connectivity index (χ1) is 17.3. The van der Waals surface area contributed by atoms with Crippen molar-refractivity contribution < 1.29 is 9.53 Å². The fraction of sp³-hybridized carbons (Fsp3) is 0.333. The monoisotopic (exact) mass is 521 g/mol. The highest BCUT2D eigenvalue weighted by Crippen LogP contribution is 2.29. The summed E-state index contributed by atoms with van der Waals surface area (Å²) in [6.07, 6.45) is -0.292. The number of amides is 1. The molecule has 188 valence electrons. The summed E-state index contributed by atoms with van der Waals surface area (Å²) < 4.78 is 8.19. The molecule has 7 nitrogen and oxygen atoms in total. The molecule has 1 N–H and O–H groups in total. The van der Waals surface area contributed by atoms with Crippen LogP contribution in [0.5, 0.6) is 5.75 Å². The molecule has 0 radical (unpaired) electrons. The number of thiazole rings is 1. The minimum absolute atomic E-state index is 0.113. The van der Waals surface area contributed by atoms with Crippen molar-refractivity contribution in [2.24, 2.45) is 0 Å². The molecule has 1 atom stereocenters. The van der Waals surface area contributed by atoms with Crippen LogP contribution >= 0.6 is 23.1 Å². The maximum Gasteiger partial charge on any atom is 0.236 e. The van der Waals surface area contributed by atoms with Gasteiger partial charge in [0.15, 0.2) is 22.2 Å². The average molecular weight is 522 g/mol. The predicted octanol–water partition coefficient (Wildman–Crippen LogP) is 6.98. The lowest BCUT2D eigenvalue weighted by Gasteiger charge is -2.19. The highest BCUT2D eigenvalue weighted by atomic mass is 32.2. The van der Waals surface area contributed by atoms with Gasteiger partial charge in [0, 0.05) is 17.0 Å². The second-order valence-corrected chi connectivity index (χ2v) is 10.8. The zero-order valence-corrected chi connectivity index (χ0v) is 22.8. The number of rotatable bonds is 10. The van der Waals surface area contributed by atoms with Gasteiger partial charge in [0.25, 0.3) is 0 Å². The number of carbonyl (C=O) groups excluding carboxylic acids is 1. The van der Waals surface area contributed by atoms with Crippen molar-refractivity contribution >= 4 is 34.1 Å². The molecule has 0 aliphatic rings. The number of nitrogens with zero attached hydrogens (tertiary/aromatic N) is 4. The van der Waals surface area contributed by atoms with Crippen LogP contribution < -0.4 is 10.1 Å². The summed E-state index contributed by atoms with van der Waals surface area (Å²) in [7, 11) is 0. The van der Waals surface area contributed by atoms with E-state index in [2.05, 4.69) is 60.3 Å². The maximum atomic E-state index is 12.6. The van der Waals surface area contributed by atoms with E-state index in [9.17, 15) is 4.79 Å². The fourth-order valence-electron chi connectivity index (χ4n) is 3.70. The highest BCUT2D eigenvalue weighted by molar-refractivity contribution is 7.99. The molecular formula is C27H31N5O2S2. The van der Waals surface area contributed by atoms with Crippen LogP contribution in [0.25, 0.3) is 11.3 Å². The molecule has 36 heavy (non-hydrogen) atoms. The van der Waals surface area contributed by atoms with E-state index in [0.717, 1.165) is 22.8 Å². The Hall–Kier alpha value is -3.17. The first kappa shape index (κ1) is 25.9. The number of hydrogen-bond donors (Lipinski definition) is 1. The van der Waals surface area contributed by atoms with Crippen molar-refractivity contribution in [3.8, 4) is 17.0 Å². The SMILES string of the molecule is CC(C)c1ccc(OC(C)c2nnc(SCC(=O)Nc3nc(-c4ccccc4)cs3)n2C(C)C)cc1. The van der Waals surface area contributed by atoms with E-state index in [0.29, 0.717) is 16.2 Å². The highest BCUT2D eigenvalue weighted by Gasteiger charge is 2.22. The minimum atomic E-state index is -0.292. The second kappa shape index (κ2) is 11.7. The van der Waals surface area contributed by atoms with E-state index >= 15 is 0 Å². The van der Waals surface area contributed by atoms with Crippen molar-refractivity contribution in [1.29, 1.82) is 0 Å². The third-order valence-electron chi connectivity index (χ3n) is 5.58. The molecule has 0 aliphatic carbocycles. The Balaban J connectivity index is 1.38. The van der Waals surface area contributed by atoms with Crippen molar-refractivity contribution in [3.63, 3.8) is 0 Å². The van der Waals surface area contributed by atoms with E-state index in [4.69, 9.17) is 4.74 Å². The number of carbonyl (C=O) groups is 1. The predicted molar refractivity (Wildman–Crippen MR) is 147 cm³/mol. The molecule has 4 aromatic rings. The van der Waals surface area contributed by atoms with Crippen molar-refractivity contribution in [1.82, 2.24) is 19.7 Å². The Kier molecular flexibility index (Phi) is 8.43. The summed E-state index contributed by atoms with van der Waals surface area (Å²) in [5.41, 5.74) is 3.14. The number of thioether (sulfide) groups is 1. The largest absolute Gasteiger partial charge is 0.483 e. The van der Waals surface area contributed by atoms with Gasteiger partial charge >= 0.3 is 0 Å². The van der Waals surface area contributed by atoms with Crippen LogP contribution in [0, 0.1) is 0 Å². The van der Waals surface area contributed by atoms with E-state index in [1.54, 1.807) is 0 Å². The van der Waals surface area contributed by atoms with Gasteiger partial charge in [0.2, 0.25) is 5.91 Å². The molecule has 0 spiro atoms. The van der Waals surface area contributed by atoms with Crippen molar-refractivity contribution in [3.05, 3.63) is 71.4 Å². The van der Waals surface area contributed by atoms with Gasteiger partial charge in [0.05, 0.1) is 11.4 Å². The fourth-order valence-corrected chi connectivity index (χ4v) is 5.31. The number of ether oxygens (including phenoxy) is 1. The van der Waals surface area contributed by atoms with Crippen LogP contribution in [-0.2, 0) is 4.79 Å². The van der Waals surface area contributed by atoms with Crippen LogP contribution in [0.4, 0.5) is 5.13 Å². The zero-order chi connectivity index (χ0) is 25.7. The molecule has 1 amide bonds. The quantitative estimate of drug-likeness (QED) is 0.227. The van der Waals surface area contributed by atoms with E-state index in [-0.39, 0.29) is 23.8 Å². The maximum absolute atomic E-state index is 12.6. The summed E-state index contributed by atoms with van der Waals surface area (Å²) >= 11 is 2.77. The zero-order valence-electron chi connectivity index (χ0n) is 21.1. The van der Waals surface area contributed by atoms with Gasteiger partial charge in [-0.2, -0.15) is 0 Å². The van der Waals surface area contributed by atoms with Crippen LogP contribution in [0.3, 0.4) is 0 Å². The topological polar surface area (TPSA) is 81.9 Å². The molecule has 0 fully saturated rings. The van der Waals surface area contributed by atoms with Gasteiger partial charge < -0.3 is 14.6 Å². The Morgan fingerprint density at radius 3 is 2.42 bits per heavy atom. The summed E-state index contributed by atoms with van der Waals surface area (Å²) in [5, 5.41) is 14.9. The van der Waals surface area contributed by atoms with Gasteiger partial charge in [-0.25, -0.2) is 4.98 Å². The van der Waals surface area contributed by atoms with Gasteiger partial charge in [-0.1, -0.05) is 68.1 Å². The van der Waals surface area contributed by atoms with E-state index < -0.39 is 0 Å². The molecule has 1 unspecified atom stereocenters. The molecule has 2 aromatic heterocycles. The number of anilines is 1. The Morgan fingerprint density at radius 1 is 1.03 bits per heavy atom. The molecule has 0 aliphatic heterocycles. The lowest BCUT2D eigenvalue weighted by atomic mass is 10.0. The molecular weight excluding hydrogens is 490 g/mol. The van der Waals surface area contributed by atoms with Crippen LogP contribution in [0.2, 0.25) is 0 Å². The normalized spacial score (nSPS) is 12.2. The molecule has 0 saturated heterocycles. The minimum Gasteiger partial charge on any atom is -0.483 e. The van der Waals surface area contributed by atoms with Crippen molar-refractivity contribution in [2.45, 2.75) is 57.8 Å². The van der Waals surface area contributed by atoms with E-state index in [1.165, 1.54) is 28.7 Å². The summed E-state index contributed by atoms with van der Waals surface area (Å²) in [6, 6.07) is 18.2. The summed E-state index contributed by atoms with van der Waals surface area (Å²) in [4.78, 5) is 17.2. The standard InChI is InChI=1S/C27H31N5O2S2/c1-17(2)20-11-13-22(14-12-20)34-19(5)25-30-31-27(32(25)18(3)4)36-16-24(33)29-26-28-23(15-35-26)21-9-7-6-8-10-21/h6-15,17-19H,16H2,1-5H3,(H,28,29,33). The number of hydrogen-bond acceptors (Lipinski definition) is 7. The van der Waals surface area contributed by atoms with Crippen LogP contribution in [0.1, 0.15) is 64.1 Å². The molecule has 0 saturated carbocycles.